The number of halogens is 4. The fraction of sp³-hybridized carbons (Fsp3) is 0.588. The second kappa shape index (κ2) is 7.87. The van der Waals surface area contributed by atoms with E-state index in [1.54, 1.807) is 6.07 Å². The lowest BCUT2D eigenvalue weighted by molar-refractivity contribution is -0.137. The van der Waals surface area contributed by atoms with Gasteiger partial charge < -0.3 is 4.90 Å². The van der Waals surface area contributed by atoms with Crippen molar-refractivity contribution in [2.24, 2.45) is 5.92 Å². The molecule has 0 aromatic heterocycles. The minimum atomic E-state index is -4.30. The normalized spacial score (nSPS) is 22.5. The van der Waals surface area contributed by atoms with Crippen LogP contribution in [0.3, 0.4) is 0 Å². The summed E-state index contributed by atoms with van der Waals surface area (Å²) in [7, 11) is 0. The largest absolute Gasteiger partial charge is 0.416 e. The van der Waals surface area contributed by atoms with Gasteiger partial charge in [0.15, 0.2) is 0 Å². The van der Waals surface area contributed by atoms with Crippen molar-refractivity contribution < 1.29 is 18.0 Å². The van der Waals surface area contributed by atoms with Crippen molar-refractivity contribution >= 4 is 28.5 Å². The van der Waals surface area contributed by atoms with Gasteiger partial charge in [-0.1, -0.05) is 6.07 Å². The highest BCUT2D eigenvalue weighted by Gasteiger charge is 2.31. The molecule has 7 heteroatoms. The Bertz CT molecular complexity index is 571. The number of carbonyl (C=O) groups excluding carboxylic acids is 1. The zero-order valence-corrected chi connectivity index (χ0v) is 15.1. The van der Waals surface area contributed by atoms with Gasteiger partial charge in [0.25, 0.3) is 0 Å². The SMILES string of the molecule is Br.O=C1CCCC1CN1CCN(c2cccc(C(F)(F)F)c2)CC1. The van der Waals surface area contributed by atoms with Crippen LogP contribution in [0.15, 0.2) is 24.3 Å². The lowest BCUT2D eigenvalue weighted by Crippen LogP contribution is -2.48. The molecule has 3 nitrogen and oxygen atoms in total. The second-order valence-electron chi connectivity index (χ2n) is 6.39. The fourth-order valence-electron chi connectivity index (χ4n) is 3.46. The number of carbonyl (C=O) groups is 1. The maximum absolute atomic E-state index is 12.8. The van der Waals surface area contributed by atoms with E-state index >= 15 is 0 Å². The topological polar surface area (TPSA) is 23.6 Å². The van der Waals surface area contributed by atoms with E-state index in [0.717, 1.165) is 38.5 Å². The molecule has 1 aromatic carbocycles. The van der Waals surface area contributed by atoms with Crippen molar-refractivity contribution in [1.82, 2.24) is 4.90 Å². The molecule has 2 fully saturated rings. The molecule has 1 saturated carbocycles. The molecule has 134 valence electrons. The van der Waals surface area contributed by atoms with Crippen molar-refractivity contribution in [1.29, 1.82) is 0 Å². The van der Waals surface area contributed by atoms with Gasteiger partial charge >= 0.3 is 6.18 Å². The van der Waals surface area contributed by atoms with Gasteiger partial charge in [-0.3, -0.25) is 9.69 Å². The van der Waals surface area contributed by atoms with E-state index < -0.39 is 11.7 Å². The number of piperazine rings is 1. The second-order valence-corrected chi connectivity index (χ2v) is 6.39. The number of nitrogens with zero attached hydrogens (tertiary/aromatic N) is 2. The number of ketones is 1. The quantitative estimate of drug-likeness (QED) is 0.762. The van der Waals surface area contributed by atoms with Gasteiger partial charge in [-0.2, -0.15) is 13.2 Å². The summed E-state index contributed by atoms with van der Waals surface area (Å²) in [4.78, 5) is 16.0. The molecule has 0 bridgehead atoms. The monoisotopic (exact) mass is 406 g/mol. The molecule has 1 atom stereocenters. The van der Waals surface area contributed by atoms with E-state index in [2.05, 4.69) is 4.90 Å². The summed E-state index contributed by atoms with van der Waals surface area (Å²) >= 11 is 0. The Kier molecular flexibility index (Phi) is 6.31. The van der Waals surface area contributed by atoms with E-state index in [-0.39, 0.29) is 22.9 Å². The molecule has 3 rings (SSSR count). The molecule has 0 spiro atoms. The highest BCUT2D eigenvalue weighted by molar-refractivity contribution is 8.93. The number of rotatable bonds is 3. The highest BCUT2D eigenvalue weighted by atomic mass is 79.9. The molecule has 2 aliphatic rings. The molecule has 0 amide bonds. The van der Waals surface area contributed by atoms with Crippen LogP contribution in [-0.2, 0) is 11.0 Å². The predicted octanol–water partition coefficient (Wildman–Crippen LogP) is 3.77. The first kappa shape index (κ1) is 19.2. The van der Waals surface area contributed by atoms with Crippen molar-refractivity contribution in [2.45, 2.75) is 25.4 Å². The van der Waals surface area contributed by atoms with Gasteiger partial charge in [-0.05, 0) is 31.0 Å². The van der Waals surface area contributed by atoms with E-state index in [1.807, 2.05) is 4.90 Å². The third-order valence-electron chi connectivity index (χ3n) is 4.82. The molecule has 1 heterocycles. The van der Waals surface area contributed by atoms with Gasteiger partial charge in [0, 0.05) is 50.7 Å². The van der Waals surface area contributed by atoms with Gasteiger partial charge in [0.2, 0.25) is 0 Å². The van der Waals surface area contributed by atoms with Gasteiger partial charge in [0.05, 0.1) is 5.56 Å². The van der Waals surface area contributed by atoms with Crippen LogP contribution in [0.1, 0.15) is 24.8 Å². The first-order valence-corrected chi connectivity index (χ1v) is 8.11. The number of anilines is 1. The van der Waals surface area contributed by atoms with Crippen LogP contribution in [0, 0.1) is 5.92 Å². The van der Waals surface area contributed by atoms with Crippen molar-refractivity contribution in [2.75, 3.05) is 37.6 Å². The van der Waals surface area contributed by atoms with Crippen LogP contribution in [0.2, 0.25) is 0 Å². The average molecular weight is 407 g/mol. The van der Waals surface area contributed by atoms with Crippen LogP contribution in [0.5, 0.6) is 0 Å². The van der Waals surface area contributed by atoms with Gasteiger partial charge in [0.1, 0.15) is 5.78 Å². The summed E-state index contributed by atoms with van der Waals surface area (Å²) in [5, 5.41) is 0. The van der Waals surface area contributed by atoms with Crippen molar-refractivity contribution in [3.8, 4) is 0 Å². The van der Waals surface area contributed by atoms with E-state index in [0.29, 0.717) is 31.0 Å². The average Bonchev–Trinajstić information content (AvgIpc) is 2.92. The minimum absolute atomic E-state index is 0. The molecule has 0 radical (unpaired) electrons. The number of Topliss-reactive ketones (excluding diaryl/α,β-unsaturated/α-hetero) is 1. The van der Waals surface area contributed by atoms with Crippen molar-refractivity contribution in [3.05, 3.63) is 29.8 Å². The standard InChI is InChI=1S/C17H21F3N2O.BrH/c18-17(19,20)14-4-2-5-15(11-14)22-9-7-21(8-10-22)12-13-3-1-6-16(13)23;/h2,4-5,11,13H,1,3,6-10,12H2;1H. The van der Waals surface area contributed by atoms with E-state index in [1.165, 1.54) is 12.1 Å². The molecule has 1 unspecified atom stereocenters. The molecular formula is C17H22BrF3N2O. The molecular weight excluding hydrogens is 385 g/mol. The third kappa shape index (κ3) is 4.51. The molecule has 0 N–H and O–H groups in total. The number of alkyl halides is 3. The Morgan fingerprint density at radius 3 is 2.42 bits per heavy atom. The molecule has 1 aromatic rings. The Morgan fingerprint density at radius 2 is 1.83 bits per heavy atom. The van der Waals surface area contributed by atoms with Crippen LogP contribution in [0.25, 0.3) is 0 Å². The summed E-state index contributed by atoms with van der Waals surface area (Å²) in [6.45, 7) is 3.78. The Hall–Kier alpha value is -1.08. The summed E-state index contributed by atoms with van der Waals surface area (Å²) in [5.74, 6) is 0.528. The minimum Gasteiger partial charge on any atom is -0.369 e. The Balaban J connectivity index is 0.00000208. The lowest BCUT2D eigenvalue weighted by atomic mass is 10.1. The lowest BCUT2D eigenvalue weighted by Gasteiger charge is -2.37. The van der Waals surface area contributed by atoms with Crippen LogP contribution in [0.4, 0.5) is 18.9 Å². The maximum atomic E-state index is 12.8. The molecule has 1 saturated heterocycles. The number of hydrogen-bond donors (Lipinski definition) is 0. The third-order valence-corrected chi connectivity index (χ3v) is 4.82. The summed E-state index contributed by atoms with van der Waals surface area (Å²) < 4.78 is 38.4. The van der Waals surface area contributed by atoms with E-state index in [4.69, 9.17) is 0 Å². The van der Waals surface area contributed by atoms with Crippen LogP contribution in [-0.4, -0.2) is 43.4 Å². The zero-order chi connectivity index (χ0) is 16.4. The van der Waals surface area contributed by atoms with Crippen molar-refractivity contribution in [3.63, 3.8) is 0 Å². The number of benzene rings is 1. The highest BCUT2D eigenvalue weighted by Crippen LogP contribution is 2.32. The first-order chi connectivity index (χ1) is 10.9. The van der Waals surface area contributed by atoms with Crippen LogP contribution < -0.4 is 4.90 Å². The van der Waals surface area contributed by atoms with Gasteiger partial charge in [-0.15, -0.1) is 17.0 Å². The van der Waals surface area contributed by atoms with Gasteiger partial charge in [-0.25, -0.2) is 0 Å². The summed E-state index contributed by atoms with van der Waals surface area (Å²) in [6, 6.07) is 5.51. The summed E-state index contributed by atoms with van der Waals surface area (Å²) in [6.07, 6.45) is -1.63. The first-order valence-electron chi connectivity index (χ1n) is 8.11. The Morgan fingerprint density at radius 1 is 1.12 bits per heavy atom. The van der Waals surface area contributed by atoms with Crippen LogP contribution >= 0.6 is 17.0 Å². The molecule has 24 heavy (non-hydrogen) atoms. The summed E-state index contributed by atoms with van der Waals surface area (Å²) in [5.41, 5.74) is 0.0189. The zero-order valence-electron chi connectivity index (χ0n) is 13.4. The fourth-order valence-corrected chi connectivity index (χ4v) is 3.46. The molecule has 1 aliphatic heterocycles. The maximum Gasteiger partial charge on any atom is 0.416 e. The predicted molar refractivity (Wildman–Crippen MR) is 92.8 cm³/mol. The number of hydrogen-bond acceptors (Lipinski definition) is 3. The smallest absolute Gasteiger partial charge is 0.369 e. The Labute approximate surface area is 150 Å². The molecule has 1 aliphatic carbocycles. The van der Waals surface area contributed by atoms with E-state index in [9.17, 15) is 18.0 Å².